The quantitative estimate of drug-likeness (QED) is 0.739. The number of aryl methyl sites for hydroxylation is 2. The maximum Gasteiger partial charge on any atom is 0.227 e. The van der Waals surface area contributed by atoms with Gasteiger partial charge in [-0.15, -0.1) is 0 Å². The lowest BCUT2D eigenvalue weighted by Gasteiger charge is -2.27. The molecule has 0 radical (unpaired) electrons. The molecule has 1 N–H and O–H groups in total. The summed E-state index contributed by atoms with van der Waals surface area (Å²) in [5, 5.41) is 11.8. The van der Waals surface area contributed by atoms with Crippen molar-refractivity contribution >= 4 is 17.5 Å². The molecule has 0 spiro atoms. The van der Waals surface area contributed by atoms with Gasteiger partial charge in [0.2, 0.25) is 5.91 Å². The van der Waals surface area contributed by atoms with E-state index in [-0.39, 0.29) is 12.5 Å². The predicted octanol–water partition coefficient (Wildman–Crippen LogP) is 4.33. The molecule has 0 aliphatic carbocycles. The summed E-state index contributed by atoms with van der Waals surface area (Å²) < 4.78 is 11.3. The number of likely N-dealkylation sites (tertiary alicyclic amines) is 1. The Labute approximate surface area is 183 Å². The molecule has 6 heteroatoms. The van der Waals surface area contributed by atoms with Crippen LogP contribution in [0.4, 0.5) is 0 Å². The molecule has 1 saturated heterocycles. The van der Waals surface area contributed by atoms with Gasteiger partial charge in [0.15, 0.2) is 0 Å². The summed E-state index contributed by atoms with van der Waals surface area (Å²) in [5.41, 5.74) is 1.82. The van der Waals surface area contributed by atoms with Crippen LogP contribution in [-0.2, 0) is 11.2 Å². The van der Waals surface area contributed by atoms with Crippen molar-refractivity contribution in [2.75, 3.05) is 26.8 Å². The highest BCUT2D eigenvalue weighted by molar-refractivity contribution is 6.32. The highest BCUT2D eigenvalue weighted by atomic mass is 35.5. The summed E-state index contributed by atoms with van der Waals surface area (Å²) >= 11 is 6.22. The van der Waals surface area contributed by atoms with Gasteiger partial charge in [0, 0.05) is 23.7 Å². The van der Waals surface area contributed by atoms with E-state index in [0.717, 1.165) is 33.9 Å². The second-order valence-corrected chi connectivity index (χ2v) is 8.48. The lowest BCUT2D eigenvalue weighted by Crippen LogP contribution is -2.38. The summed E-state index contributed by atoms with van der Waals surface area (Å²) in [5.74, 6) is 1.48. The van der Waals surface area contributed by atoms with Crippen molar-refractivity contribution in [2.24, 2.45) is 0 Å². The third-order valence-corrected chi connectivity index (χ3v) is 6.32. The van der Waals surface area contributed by atoms with Crippen molar-refractivity contribution in [1.82, 2.24) is 4.90 Å². The first-order valence-electron chi connectivity index (χ1n) is 10.3. The number of rotatable bonds is 6. The lowest BCUT2D eigenvalue weighted by atomic mass is 9.96. The number of para-hydroxylation sites is 1. The van der Waals surface area contributed by atoms with Crippen LogP contribution in [0.25, 0.3) is 0 Å². The van der Waals surface area contributed by atoms with Crippen LogP contribution in [0.1, 0.15) is 36.0 Å². The molecule has 0 aromatic heterocycles. The van der Waals surface area contributed by atoms with Crippen molar-refractivity contribution in [3.63, 3.8) is 0 Å². The first-order chi connectivity index (χ1) is 14.3. The molecule has 1 aliphatic rings. The fraction of sp³-hybridized carbons (Fsp3) is 0.458. The van der Waals surface area contributed by atoms with E-state index in [2.05, 4.69) is 0 Å². The number of nitrogens with zero attached hydrogens (tertiary/aromatic N) is 1. The predicted molar refractivity (Wildman–Crippen MR) is 118 cm³/mol. The monoisotopic (exact) mass is 431 g/mol. The number of halogens is 1. The Balaban J connectivity index is 1.59. The zero-order chi connectivity index (χ0) is 21.7. The molecule has 1 heterocycles. The topological polar surface area (TPSA) is 59.0 Å². The van der Waals surface area contributed by atoms with Gasteiger partial charge in [-0.2, -0.15) is 0 Å². The Morgan fingerprint density at radius 2 is 1.87 bits per heavy atom. The summed E-state index contributed by atoms with van der Waals surface area (Å²) in [6.07, 6.45) is 2.10. The molecule has 5 nitrogen and oxygen atoms in total. The largest absolute Gasteiger partial charge is 0.496 e. The van der Waals surface area contributed by atoms with Crippen molar-refractivity contribution in [1.29, 1.82) is 0 Å². The van der Waals surface area contributed by atoms with E-state index in [1.165, 1.54) is 0 Å². The van der Waals surface area contributed by atoms with Crippen molar-refractivity contribution < 1.29 is 19.4 Å². The van der Waals surface area contributed by atoms with Gasteiger partial charge in [-0.05, 0) is 62.4 Å². The van der Waals surface area contributed by atoms with E-state index in [0.29, 0.717) is 38.1 Å². The van der Waals surface area contributed by atoms with Crippen molar-refractivity contribution in [2.45, 2.75) is 45.1 Å². The van der Waals surface area contributed by atoms with E-state index >= 15 is 0 Å². The number of carbonyl (C=O) groups is 1. The number of amides is 1. The minimum absolute atomic E-state index is 0.0496. The van der Waals surface area contributed by atoms with E-state index in [1.54, 1.807) is 7.11 Å². The highest BCUT2D eigenvalue weighted by Gasteiger charge is 2.32. The normalized spacial score (nSPS) is 19.3. The van der Waals surface area contributed by atoms with Gasteiger partial charge in [-0.3, -0.25) is 4.79 Å². The van der Waals surface area contributed by atoms with Crippen LogP contribution < -0.4 is 9.47 Å². The number of ether oxygens (including phenoxy) is 2. The number of hydrogen-bond acceptors (Lipinski definition) is 4. The first-order valence-corrected chi connectivity index (χ1v) is 10.7. The number of hydrogen-bond donors (Lipinski definition) is 1. The Morgan fingerprint density at radius 3 is 2.57 bits per heavy atom. The zero-order valence-electron chi connectivity index (χ0n) is 17.9. The van der Waals surface area contributed by atoms with Crippen LogP contribution in [0.15, 0.2) is 36.4 Å². The molecule has 1 aliphatic heterocycles. The van der Waals surface area contributed by atoms with Gasteiger partial charge in [0.05, 0.1) is 13.5 Å². The van der Waals surface area contributed by atoms with Crippen LogP contribution in [0.2, 0.25) is 5.02 Å². The molecule has 2 aromatic rings. The van der Waals surface area contributed by atoms with E-state index < -0.39 is 5.60 Å². The van der Waals surface area contributed by atoms with Crippen LogP contribution >= 0.6 is 11.6 Å². The fourth-order valence-corrected chi connectivity index (χ4v) is 4.01. The minimum Gasteiger partial charge on any atom is -0.496 e. The standard InChI is InChI=1S/C24H30ClNO4/c1-17-13-20(14-18(2)23(17)25)30-16-24(28)9-6-11-26(12-10-24)22(27)15-19-7-4-5-8-21(19)29-3/h4-5,7-8,13-14,28H,6,9-12,15-16H2,1-3H3. The number of methoxy groups -OCH3 is 1. The highest BCUT2D eigenvalue weighted by Crippen LogP contribution is 2.29. The van der Waals surface area contributed by atoms with Crippen LogP contribution in [0.3, 0.4) is 0 Å². The summed E-state index contributed by atoms with van der Waals surface area (Å²) in [4.78, 5) is 14.7. The average Bonchev–Trinajstić information content (AvgIpc) is 2.93. The van der Waals surface area contributed by atoms with E-state index in [4.69, 9.17) is 21.1 Å². The summed E-state index contributed by atoms with van der Waals surface area (Å²) in [6, 6.07) is 11.3. The SMILES string of the molecule is COc1ccccc1CC(=O)N1CCCC(O)(COc2cc(C)c(Cl)c(C)c2)CC1. The second kappa shape index (κ2) is 9.71. The van der Waals surface area contributed by atoms with Crippen LogP contribution in [-0.4, -0.2) is 48.3 Å². The average molecular weight is 432 g/mol. The number of aliphatic hydroxyl groups is 1. The molecule has 2 aromatic carbocycles. The molecule has 30 heavy (non-hydrogen) atoms. The Morgan fingerprint density at radius 1 is 1.17 bits per heavy atom. The maximum atomic E-state index is 12.8. The number of benzene rings is 2. The van der Waals surface area contributed by atoms with Gasteiger partial charge >= 0.3 is 0 Å². The van der Waals surface area contributed by atoms with Gasteiger partial charge in [-0.1, -0.05) is 29.8 Å². The Kier molecular flexibility index (Phi) is 7.27. The zero-order valence-corrected chi connectivity index (χ0v) is 18.7. The maximum absolute atomic E-state index is 12.8. The van der Waals surface area contributed by atoms with Gasteiger partial charge < -0.3 is 19.5 Å². The van der Waals surface area contributed by atoms with Crippen LogP contribution in [0, 0.1) is 13.8 Å². The Bertz CT molecular complexity index is 878. The molecule has 1 unspecified atom stereocenters. The molecule has 1 amide bonds. The Hall–Kier alpha value is -2.24. The molecule has 0 bridgehead atoms. The summed E-state index contributed by atoms with van der Waals surface area (Å²) in [7, 11) is 1.61. The molecule has 0 saturated carbocycles. The van der Waals surface area contributed by atoms with Gasteiger partial charge in [0.1, 0.15) is 23.7 Å². The second-order valence-electron chi connectivity index (χ2n) is 8.11. The molecular weight excluding hydrogens is 402 g/mol. The summed E-state index contributed by atoms with van der Waals surface area (Å²) in [6.45, 7) is 5.21. The third kappa shape index (κ3) is 5.46. The molecule has 3 rings (SSSR count). The molecule has 1 atom stereocenters. The fourth-order valence-electron chi connectivity index (χ4n) is 3.90. The van der Waals surface area contributed by atoms with Gasteiger partial charge in [-0.25, -0.2) is 0 Å². The van der Waals surface area contributed by atoms with Crippen molar-refractivity contribution in [3.8, 4) is 11.5 Å². The van der Waals surface area contributed by atoms with E-state index in [1.807, 2.05) is 55.1 Å². The van der Waals surface area contributed by atoms with Crippen LogP contribution in [0.5, 0.6) is 11.5 Å². The van der Waals surface area contributed by atoms with E-state index in [9.17, 15) is 9.90 Å². The third-order valence-electron chi connectivity index (χ3n) is 5.72. The minimum atomic E-state index is -0.957. The lowest BCUT2D eigenvalue weighted by molar-refractivity contribution is -0.130. The molecular formula is C24H30ClNO4. The molecule has 1 fully saturated rings. The smallest absolute Gasteiger partial charge is 0.227 e. The first kappa shape index (κ1) is 22.4. The van der Waals surface area contributed by atoms with Crippen molar-refractivity contribution in [3.05, 3.63) is 58.1 Å². The molecule has 162 valence electrons. The number of carbonyl (C=O) groups excluding carboxylic acids is 1. The van der Waals surface area contributed by atoms with Gasteiger partial charge in [0.25, 0.3) is 0 Å².